The predicted molar refractivity (Wildman–Crippen MR) is 89.7 cm³/mol. The van der Waals surface area contributed by atoms with Crippen LogP contribution >= 0.6 is 23.2 Å². The molecule has 0 spiro atoms. The molecule has 22 heavy (non-hydrogen) atoms. The van der Waals surface area contributed by atoms with Crippen molar-refractivity contribution in [3.8, 4) is 5.75 Å². The van der Waals surface area contributed by atoms with Crippen molar-refractivity contribution in [1.82, 2.24) is 0 Å². The molecule has 4 nitrogen and oxygen atoms in total. The van der Waals surface area contributed by atoms with E-state index < -0.39 is 10.0 Å². The second-order valence-corrected chi connectivity index (χ2v) is 7.15. The van der Waals surface area contributed by atoms with E-state index in [0.717, 1.165) is 0 Å². The maximum atomic E-state index is 12.7. The van der Waals surface area contributed by atoms with Gasteiger partial charge in [0.1, 0.15) is 5.75 Å². The number of halogens is 2. The third kappa shape index (κ3) is 3.32. The largest absolute Gasteiger partial charge is 0.495 e. The lowest BCUT2D eigenvalue weighted by Gasteiger charge is -2.23. The number of hydrogen-bond donors (Lipinski definition) is 0. The lowest BCUT2D eigenvalue weighted by molar-refractivity contribution is 0.415. The molecule has 7 heteroatoms. The zero-order valence-corrected chi connectivity index (χ0v) is 14.4. The number of sulfonamides is 1. The Morgan fingerprint density at radius 1 is 1.09 bits per heavy atom. The van der Waals surface area contributed by atoms with Crippen molar-refractivity contribution >= 4 is 38.9 Å². The van der Waals surface area contributed by atoms with E-state index in [-0.39, 0.29) is 11.4 Å². The van der Waals surface area contributed by atoms with Crippen LogP contribution in [0.15, 0.2) is 47.4 Å². The average Bonchev–Trinajstić information content (AvgIpc) is 2.48. The molecule has 0 aliphatic rings. The molecule has 0 saturated carbocycles. The first-order chi connectivity index (χ1) is 10.4. The monoisotopic (exact) mass is 359 g/mol. The lowest BCUT2D eigenvalue weighted by Crippen LogP contribution is -2.30. The van der Waals surface area contributed by atoms with Crippen LogP contribution in [0.2, 0.25) is 10.0 Å². The first kappa shape index (κ1) is 16.9. The summed E-state index contributed by atoms with van der Waals surface area (Å²) in [6.07, 6.45) is 0. The van der Waals surface area contributed by atoms with Crippen molar-refractivity contribution in [2.75, 3.05) is 18.0 Å². The number of rotatable bonds is 5. The van der Waals surface area contributed by atoms with Crippen molar-refractivity contribution in [2.24, 2.45) is 0 Å². The normalized spacial score (nSPS) is 11.3. The van der Waals surface area contributed by atoms with Crippen LogP contribution in [0.4, 0.5) is 5.69 Å². The molecule has 0 heterocycles. The van der Waals surface area contributed by atoms with Gasteiger partial charge in [-0.25, -0.2) is 8.42 Å². The molecule has 0 N–H and O–H groups in total. The van der Waals surface area contributed by atoms with E-state index in [1.807, 2.05) is 0 Å². The van der Waals surface area contributed by atoms with E-state index in [1.165, 1.54) is 23.5 Å². The summed E-state index contributed by atoms with van der Waals surface area (Å²) in [5, 5.41) is 0.833. The molecule has 0 bridgehead atoms. The summed E-state index contributed by atoms with van der Waals surface area (Å²) >= 11 is 11.9. The van der Waals surface area contributed by atoms with E-state index in [9.17, 15) is 8.42 Å². The molecule has 0 unspecified atom stereocenters. The highest BCUT2D eigenvalue weighted by Gasteiger charge is 2.24. The fourth-order valence-corrected chi connectivity index (χ4v) is 3.88. The van der Waals surface area contributed by atoms with Crippen LogP contribution in [-0.2, 0) is 10.0 Å². The molecule has 0 aliphatic carbocycles. The van der Waals surface area contributed by atoms with Crippen molar-refractivity contribution in [1.29, 1.82) is 0 Å². The summed E-state index contributed by atoms with van der Waals surface area (Å²) < 4.78 is 31.9. The SMILES string of the molecule is CCN(c1ccc(OC)c(Cl)c1)S(=O)(=O)c1ccc(Cl)cc1. The van der Waals surface area contributed by atoms with Gasteiger partial charge in [-0.1, -0.05) is 23.2 Å². The van der Waals surface area contributed by atoms with Gasteiger partial charge < -0.3 is 4.74 Å². The van der Waals surface area contributed by atoms with Crippen LogP contribution in [0.3, 0.4) is 0 Å². The molecular weight excluding hydrogens is 345 g/mol. The molecule has 0 fully saturated rings. The Bertz CT molecular complexity index is 761. The minimum atomic E-state index is -3.68. The average molecular weight is 360 g/mol. The zero-order chi connectivity index (χ0) is 16.3. The fourth-order valence-electron chi connectivity index (χ4n) is 2.04. The van der Waals surface area contributed by atoms with Gasteiger partial charge in [0.05, 0.1) is 22.7 Å². The molecule has 0 aliphatic heterocycles. The van der Waals surface area contributed by atoms with E-state index in [2.05, 4.69) is 0 Å². The molecule has 0 radical (unpaired) electrons. The Balaban J connectivity index is 2.46. The van der Waals surface area contributed by atoms with Gasteiger partial charge in [-0.2, -0.15) is 0 Å². The second-order valence-electron chi connectivity index (χ2n) is 4.44. The number of nitrogens with zero attached hydrogens (tertiary/aromatic N) is 1. The fraction of sp³-hybridized carbons (Fsp3) is 0.200. The lowest BCUT2D eigenvalue weighted by atomic mass is 10.3. The highest BCUT2D eigenvalue weighted by molar-refractivity contribution is 7.92. The number of anilines is 1. The molecular formula is C15H15Cl2NO3S. The van der Waals surface area contributed by atoms with Gasteiger partial charge in [-0.15, -0.1) is 0 Å². The Kier molecular flexibility index (Phi) is 5.21. The first-order valence-corrected chi connectivity index (χ1v) is 8.71. The van der Waals surface area contributed by atoms with Gasteiger partial charge in [-0.3, -0.25) is 4.31 Å². The van der Waals surface area contributed by atoms with Gasteiger partial charge >= 0.3 is 0 Å². The van der Waals surface area contributed by atoms with E-state index in [1.54, 1.807) is 37.3 Å². The van der Waals surface area contributed by atoms with Crippen molar-refractivity contribution in [3.63, 3.8) is 0 Å². The van der Waals surface area contributed by atoms with Crippen LogP contribution in [-0.4, -0.2) is 22.1 Å². The summed E-state index contributed by atoms with van der Waals surface area (Å²) in [5.74, 6) is 0.491. The quantitative estimate of drug-likeness (QED) is 0.802. The zero-order valence-electron chi connectivity index (χ0n) is 12.1. The molecule has 0 aromatic heterocycles. The molecule has 2 aromatic rings. The maximum Gasteiger partial charge on any atom is 0.264 e. The Hall–Kier alpha value is -1.43. The van der Waals surface area contributed by atoms with Crippen molar-refractivity contribution in [2.45, 2.75) is 11.8 Å². The molecule has 118 valence electrons. The molecule has 2 aromatic carbocycles. The number of benzene rings is 2. The smallest absolute Gasteiger partial charge is 0.264 e. The second kappa shape index (κ2) is 6.77. The summed E-state index contributed by atoms with van der Waals surface area (Å²) in [6.45, 7) is 2.03. The minimum absolute atomic E-state index is 0.172. The highest BCUT2D eigenvalue weighted by atomic mass is 35.5. The van der Waals surface area contributed by atoms with Gasteiger partial charge in [0, 0.05) is 11.6 Å². The van der Waals surface area contributed by atoms with Crippen LogP contribution in [0.5, 0.6) is 5.75 Å². The van der Waals surface area contributed by atoms with Gasteiger partial charge in [0.15, 0.2) is 0 Å². The number of hydrogen-bond acceptors (Lipinski definition) is 3. The summed E-state index contributed by atoms with van der Waals surface area (Å²) in [7, 11) is -2.18. The van der Waals surface area contributed by atoms with Crippen LogP contribution in [0.1, 0.15) is 6.92 Å². The highest BCUT2D eigenvalue weighted by Crippen LogP contribution is 2.31. The third-order valence-electron chi connectivity index (χ3n) is 3.11. The van der Waals surface area contributed by atoms with Crippen molar-refractivity contribution < 1.29 is 13.2 Å². The van der Waals surface area contributed by atoms with Gasteiger partial charge in [0.2, 0.25) is 0 Å². The topological polar surface area (TPSA) is 46.6 Å². The number of ether oxygens (including phenoxy) is 1. The van der Waals surface area contributed by atoms with E-state index in [4.69, 9.17) is 27.9 Å². The summed E-state index contributed by atoms with van der Waals surface area (Å²) in [6, 6.07) is 10.9. The Morgan fingerprint density at radius 3 is 2.23 bits per heavy atom. The summed E-state index contributed by atoms with van der Waals surface area (Å²) in [4.78, 5) is 0.172. The Morgan fingerprint density at radius 2 is 1.73 bits per heavy atom. The maximum absolute atomic E-state index is 12.7. The van der Waals surface area contributed by atoms with E-state index in [0.29, 0.717) is 21.5 Å². The van der Waals surface area contributed by atoms with Crippen LogP contribution in [0.25, 0.3) is 0 Å². The van der Waals surface area contributed by atoms with Gasteiger partial charge in [-0.05, 0) is 49.4 Å². The molecule has 0 amide bonds. The summed E-state index contributed by atoms with van der Waals surface area (Å²) in [5.41, 5.74) is 0.475. The van der Waals surface area contributed by atoms with Gasteiger partial charge in [0.25, 0.3) is 10.0 Å². The molecule has 0 saturated heterocycles. The van der Waals surface area contributed by atoms with Crippen molar-refractivity contribution in [3.05, 3.63) is 52.5 Å². The third-order valence-corrected chi connectivity index (χ3v) is 5.58. The molecule has 2 rings (SSSR count). The van der Waals surface area contributed by atoms with Crippen LogP contribution < -0.4 is 9.04 Å². The number of methoxy groups -OCH3 is 1. The first-order valence-electron chi connectivity index (χ1n) is 6.52. The Labute approximate surface area is 140 Å². The van der Waals surface area contributed by atoms with E-state index >= 15 is 0 Å². The minimum Gasteiger partial charge on any atom is -0.495 e. The standard InChI is InChI=1S/C15H15Cl2NO3S/c1-3-18(12-6-9-15(21-2)14(17)10-12)22(19,20)13-7-4-11(16)5-8-13/h4-10H,3H2,1-2H3. The predicted octanol–water partition coefficient (Wildman–Crippen LogP) is 4.22. The molecule has 0 atom stereocenters. The van der Waals surface area contributed by atoms with Crippen LogP contribution in [0, 0.1) is 0 Å².